The van der Waals surface area contributed by atoms with Gasteiger partial charge in [-0.3, -0.25) is 4.79 Å². The summed E-state index contributed by atoms with van der Waals surface area (Å²) in [6.07, 6.45) is 1.71. The van der Waals surface area contributed by atoms with Crippen molar-refractivity contribution in [2.75, 3.05) is 20.3 Å². The molecule has 1 rings (SSSR count). The van der Waals surface area contributed by atoms with Gasteiger partial charge < -0.3 is 15.2 Å². The predicted molar refractivity (Wildman–Crippen MR) is 66.8 cm³/mol. The fourth-order valence-corrected chi connectivity index (χ4v) is 1.47. The highest BCUT2D eigenvalue weighted by Crippen LogP contribution is 2.05. The summed E-state index contributed by atoms with van der Waals surface area (Å²) in [5.41, 5.74) is 0.476. The van der Waals surface area contributed by atoms with E-state index in [1.54, 1.807) is 19.2 Å². The number of ether oxygens (including phenoxy) is 1. The first-order valence-corrected chi connectivity index (χ1v) is 5.75. The molecule has 0 aromatic heterocycles. The lowest BCUT2D eigenvalue weighted by Gasteiger charge is -2.05. The highest BCUT2D eigenvalue weighted by Gasteiger charge is 2.08. The predicted octanol–water partition coefficient (Wildman–Crippen LogP) is 1.54. The molecular formula is C13H17NO4. The van der Waals surface area contributed by atoms with Crippen molar-refractivity contribution in [3.05, 3.63) is 35.4 Å². The fourth-order valence-electron chi connectivity index (χ4n) is 1.47. The number of carbonyl (C=O) groups is 2. The number of rotatable bonds is 7. The van der Waals surface area contributed by atoms with E-state index in [1.807, 2.05) is 0 Å². The van der Waals surface area contributed by atoms with E-state index in [0.717, 1.165) is 12.8 Å². The minimum Gasteiger partial charge on any atom is -0.478 e. The number of benzene rings is 1. The number of unbranched alkanes of at least 4 members (excludes halogenated alkanes) is 1. The summed E-state index contributed by atoms with van der Waals surface area (Å²) in [6, 6.07) is 5.98. The Bertz CT molecular complexity index is 417. The molecule has 5 nitrogen and oxygen atoms in total. The summed E-state index contributed by atoms with van der Waals surface area (Å²) in [4.78, 5) is 22.5. The molecule has 1 amide bonds. The fraction of sp³-hybridized carbons (Fsp3) is 0.385. The monoisotopic (exact) mass is 251 g/mol. The summed E-state index contributed by atoms with van der Waals surface area (Å²) in [7, 11) is 1.63. The third-order valence-corrected chi connectivity index (χ3v) is 2.43. The first-order valence-electron chi connectivity index (χ1n) is 5.75. The summed E-state index contributed by atoms with van der Waals surface area (Å²) < 4.78 is 4.90. The van der Waals surface area contributed by atoms with Gasteiger partial charge in [-0.1, -0.05) is 6.07 Å². The molecule has 0 unspecified atom stereocenters. The lowest BCUT2D eigenvalue weighted by Crippen LogP contribution is -2.24. The SMILES string of the molecule is COCCCCNC(=O)c1cccc(C(=O)O)c1. The zero-order chi connectivity index (χ0) is 13.4. The highest BCUT2D eigenvalue weighted by atomic mass is 16.5. The number of methoxy groups -OCH3 is 1. The molecule has 1 aromatic carbocycles. The molecule has 2 N–H and O–H groups in total. The number of hydrogen-bond donors (Lipinski definition) is 2. The Morgan fingerprint density at radius 1 is 1.28 bits per heavy atom. The Hall–Kier alpha value is -1.88. The van der Waals surface area contributed by atoms with Gasteiger partial charge in [-0.05, 0) is 31.0 Å². The topological polar surface area (TPSA) is 75.6 Å². The minimum atomic E-state index is -1.04. The van der Waals surface area contributed by atoms with E-state index in [9.17, 15) is 9.59 Å². The van der Waals surface area contributed by atoms with Crippen LogP contribution in [-0.2, 0) is 4.74 Å². The van der Waals surface area contributed by atoms with Crippen molar-refractivity contribution < 1.29 is 19.4 Å². The third kappa shape index (κ3) is 4.55. The van der Waals surface area contributed by atoms with E-state index in [4.69, 9.17) is 9.84 Å². The van der Waals surface area contributed by atoms with Gasteiger partial charge in [-0.25, -0.2) is 4.79 Å². The van der Waals surface area contributed by atoms with E-state index in [0.29, 0.717) is 18.7 Å². The minimum absolute atomic E-state index is 0.113. The Labute approximate surface area is 106 Å². The van der Waals surface area contributed by atoms with Crippen LogP contribution in [0.4, 0.5) is 0 Å². The van der Waals surface area contributed by atoms with E-state index < -0.39 is 5.97 Å². The maximum atomic E-state index is 11.7. The molecule has 0 bridgehead atoms. The first-order chi connectivity index (χ1) is 8.65. The van der Waals surface area contributed by atoms with Crippen LogP contribution >= 0.6 is 0 Å². The van der Waals surface area contributed by atoms with Crippen LogP contribution in [0.15, 0.2) is 24.3 Å². The van der Waals surface area contributed by atoms with Crippen LogP contribution in [0.1, 0.15) is 33.6 Å². The molecule has 5 heteroatoms. The highest BCUT2D eigenvalue weighted by molar-refractivity contribution is 5.97. The van der Waals surface area contributed by atoms with Crippen molar-refractivity contribution in [2.45, 2.75) is 12.8 Å². The van der Waals surface area contributed by atoms with Crippen LogP contribution < -0.4 is 5.32 Å². The molecule has 0 aliphatic carbocycles. The summed E-state index contributed by atoms with van der Waals surface area (Å²) in [5, 5.41) is 11.6. The Morgan fingerprint density at radius 3 is 2.67 bits per heavy atom. The van der Waals surface area contributed by atoms with E-state index in [-0.39, 0.29) is 11.5 Å². The van der Waals surface area contributed by atoms with Gasteiger partial charge in [-0.2, -0.15) is 0 Å². The van der Waals surface area contributed by atoms with Crippen LogP contribution in [0.25, 0.3) is 0 Å². The molecule has 1 aromatic rings. The maximum Gasteiger partial charge on any atom is 0.335 e. The Balaban J connectivity index is 2.46. The van der Waals surface area contributed by atoms with Gasteiger partial charge in [0.1, 0.15) is 0 Å². The second-order valence-corrected chi connectivity index (χ2v) is 3.84. The second-order valence-electron chi connectivity index (χ2n) is 3.84. The van der Waals surface area contributed by atoms with Crippen LogP contribution in [0, 0.1) is 0 Å². The maximum absolute atomic E-state index is 11.7. The smallest absolute Gasteiger partial charge is 0.335 e. The van der Waals surface area contributed by atoms with Crippen LogP contribution in [0.3, 0.4) is 0 Å². The van der Waals surface area contributed by atoms with Crippen LogP contribution in [0.5, 0.6) is 0 Å². The molecule has 0 saturated carbocycles. The quantitative estimate of drug-likeness (QED) is 0.721. The van der Waals surface area contributed by atoms with Crippen LogP contribution in [0.2, 0.25) is 0 Å². The van der Waals surface area contributed by atoms with Crippen molar-refractivity contribution in [1.29, 1.82) is 0 Å². The first kappa shape index (κ1) is 14.2. The number of aromatic carboxylic acids is 1. The number of carbonyl (C=O) groups excluding carboxylic acids is 1. The van der Waals surface area contributed by atoms with Crippen molar-refractivity contribution >= 4 is 11.9 Å². The standard InChI is InChI=1S/C13H17NO4/c1-18-8-3-2-7-14-12(15)10-5-4-6-11(9-10)13(16)17/h4-6,9H,2-3,7-8H2,1H3,(H,14,15)(H,16,17). The van der Waals surface area contributed by atoms with E-state index in [2.05, 4.69) is 5.32 Å². The Kier molecular flexibility index (Phi) is 5.87. The molecule has 0 heterocycles. The number of carboxylic acid groups (broad SMARTS) is 1. The number of carboxylic acids is 1. The number of nitrogens with one attached hydrogen (secondary N) is 1. The zero-order valence-electron chi connectivity index (χ0n) is 10.3. The van der Waals surface area contributed by atoms with Gasteiger partial charge in [0.05, 0.1) is 5.56 Å². The summed E-state index contributed by atoms with van der Waals surface area (Å²) >= 11 is 0. The van der Waals surface area contributed by atoms with Crippen molar-refractivity contribution in [2.24, 2.45) is 0 Å². The van der Waals surface area contributed by atoms with Gasteiger partial charge in [0, 0.05) is 25.8 Å². The molecule has 0 aliphatic rings. The van der Waals surface area contributed by atoms with Crippen molar-refractivity contribution in [1.82, 2.24) is 5.32 Å². The van der Waals surface area contributed by atoms with Gasteiger partial charge in [0.2, 0.25) is 0 Å². The van der Waals surface area contributed by atoms with Crippen LogP contribution in [-0.4, -0.2) is 37.2 Å². The van der Waals surface area contributed by atoms with Crippen molar-refractivity contribution in [3.8, 4) is 0 Å². The molecule has 0 spiro atoms. The molecule has 98 valence electrons. The molecule has 0 saturated heterocycles. The molecule has 0 fully saturated rings. The zero-order valence-corrected chi connectivity index (χ0v) is 10.3. The third-order valence-electron chi connectivity index (χ3n) is 2.43. The lowest BCUT2D eigenvalue weighted by atomic mass is 10.1. The molecule has 0 radical (unpaired) electrons. The van der Waals surface area contributed by atoms with Gasteiger partial charge >= 0.3 is 5.97 Å². The summed E-state index contributed by atoms with van der Waals surface area (Å²) in [5.74, 6) is -1.29. The van der Waals surface area contributed by atoms with E-state index >= 15 is 0 Å². The molecule has 0 aliphatic heterocycles. The second kappa shape index (κ2) is 7.45. The molecule has 0 atom stereocenters. The number of hydrogen-bond acceptors (Lipinski definition) is 3. The normalized spacial score (nSPS) is 10.1. The van der Waals surface area contributed by atoms with Gasteiger partial charge in [-0.15, -0.1) is 0 Å². The lowest BCUT2D eigenvalue weighted by molar-refractivity contribution is 0.0697. The average Bonchev–Trinajstić information content (AvgIpc) is 2.38. The van der Waals surface area contributed by atoms with Gasteiger partial charge in [0.15, 0.2) is 0 Å². The largest absolute Gasteiger partial charge is 0.478 e. The Morgan fingerprint density at radius 2 is 2.00 bits per heavy atom. The molecular weight excluding hydrogens is 234 g/mol. The average molecular weight is 251 g/mol. The summed E-state index contributed by atoms with van der Waals surface area (Å²) in [6.45, 7) is 1.23. The molecule has 18 heavy (non-hydrogen) atoms. The van der Waals surface area contributed by atoms with E-state index in [1.165, 1.54) is 12.1 Å². The van der Waals surface area contributed by atoms with Gasteiger partial charge in [0.25, 0.3) is 5.91 Å². The number of amides is 1. The van der Waals surface area contributed by atoms with Crippen molar-refractivity contribution in [3.63, 3.8) is 0 Å².